The second-order valence-electron chi connectivity index (χ2n) is 9.18. The summed E-state index contributed by atoms with van der Waals surface area (Å²) >= 11 is 7.32. The van der Waals surface area contributed by atoms with Gasteiger partial charge in [-0.25, -0.2) is 4.79 Å². The first kappa shape index (κ1) is 26.9. The zero-order valence-corrected chi connectivity index (χ0v) is 22.7. The van der Waals surface area contributed by atoms with E-state index in [4.69, 9.17) is 21.6 Å². The van der Waals surface area contributed by atoms with Crippen LogP contribution in [0.15, 0.2) is 97.1 Å². The van der Waals surface area contributed by atoms with Gasteiger partial charge in [-0.3, -0.25) is 4.79 Å². The van der Waals surface area contributed by atoms with Crippen LogP contribution in [-0.4, -0.2) is 23.0 Å². The van der Waals surface area contributed by atoms with Gasteiger partial charge in [0.1, 0.15) is 18.4 Å². The molecule has 0 spiro atoms. The minimum atomic E-state index is -1.11. The standard InChI is InChI=1S/C32H23ClN2O4S/c33-26-10-7-23(8-11-26)24-9-14-29-25(16-24)17-30(40-29)31(36)35-28(32(37)38)15-20-5-12-27(13-6-20)39-19-22-3-1-21(18-34)2-4-22/h1-14,16-17,28H,15,19H2,(H,35,36)(H,37,38)/t28-/m0/s1. The normalized spacial score (nSPS) is 11.5. The van der Waals surface area contributed by atoms with Gasteiger partial charge in [0.15, 0.2) is 0 Å². The predicted octanol–water partition coefficient (Wildman–Crippen LogP) is 7.10. The second kappa shape index (κ2) is 12.0. The van der Waals surface area contributed by atoms with Gasteiger partial charge in [-0.1, -0.05) is 54.1 Å². The van der Waals surface area contributed by atoms with Crippen LogP contribution in [0, 0.1) is 11.3 Å². The van der Waals surface area contributed by atoms with Crippen LogP contribution >= 0.6 is 22.9 Å². The Kier molecular flexibility index (Phi) is 8.11. The van der Waals surface area contributed by atoms with Gasteiger partial charge in [-0.05, 0) is 82.2 Å². The summed E-state index contributed by atoms with van der Waals surface area (Å²) in [6, 6.07) is 30.5. The number of aliphatic carboxylic acids is 1. The van der Waals surface area contributed by atoms with Crippen LogP contribution in [-0.2, 0) is 17.8 Å². The third-order valence-corrected chi connectivity index (χ3v) is 7.74. The molecule has 4 aromatic carbocycles. The number of nitrogens with one attached hydrogen (secondary N) is 1. The average molecular weight is 567 g/mol. The summed E-state index contributed by atoms with van der Waals surface area (Å²) in [6.07, 6.45) is 0.128. The highest BCUT2D eigenvalue weighted by Crippen LogP contribution is 2.31. The van der Waals surface area contributed by atoms with Crippen LogP contribution in [0.3, 0.4) is 0 Å². The fraction of sp³-hybridized carbons (Fsp3) is 0.0938. The minimum Gasteiger partial charge on any atom is -0.489 e. The number of carbonyl (C=O) groups is 2. The van der Waals surface area contributed by atoms with Crippen molar-refractivity contribution in [3.05, 3.63) is 124 Å². The number of ether oxygens (including phenoxy) is 1. The number of carboxylic acid groups (broad SMARTS) is 1. The molecule has 0 fully saturated rings. The Hall–Kier alpha value is -4.64. The zero-order valence-electron chi connectivity index (χ0n) is 21.1. The number of hydrogen-bond donors (Lipinski definition) is 2. The van der Waals surface area contributed by atoms with Crippen molar-refractivity contribution in [3.63, 3.8) is 0 Å². The van der Waals surface area contributed by atoms with Crippen molar-refractivity contribution >= 4 is 44.9 Å². The first-order chi connectivity index (χ1) is 19.4. The van der Waals surface area contributed by atoms with Gasteiger partial charge in [-0.2, -0.15) is 5.26 Å². The molecule has 0 saturated heterocycles. The van der Waals surface area contributed by atoms with Crippen molar-refractivity contribution in [2.24, 2.45) is 0 Å². The van der Waals surface area contributed by atoms with E-state index < -0.39 is 17.9 Å². The molecule has 0 radical (unpaired) electrons. The summed E-state index contributed by atoms with van der Waals surface area (Å²) in [5.74, 6) is -0.906. The zero-order chi connectivity index (χ0) is 28.1. The molecule has 0 aliphatic rings. The second-order valence-corrected chi connectivity index (χ2v) is 10.7. The Morgan fingerprint density at radius 3 is 2.25 bits per heavy atom. The van der Waals surface area contributed by atoms with E-state index >= 15 is 0 Å². The quantitative estimate of drug-likeness (QED) is 0.198. The number of halogens is 1. The molecule has 1 aromatic heterocycles. The number of nitrogens with zero attached hydrogens (tertiary/aromatic N) is 1. The van der Waals surface area contributed by atoms with E-state index in [0.717, 1.165) is 32.3 Å². The number of amides is 1. The lowest BCUT2D eigenvalue weighted by molar-refractivity contribution is -0.139. The molecular weight excluding hydrogens is 544 g/mol. The third kappa shape index (κ3) is 6.49. The molecule has 2 N–H and O–H groups in total. The molecule has 1 heterocycles. The number of carbonyl (C=O) groups excluding carboxylic acids is 1. The molecule has 198 valence electrons. The molecule has 0 aliphatic carbocycles. The molecule has 0 saturated carbocycles. The van der Waals surface area contributed by atoms with Crippen LogP contribution in [0.4, 0.5) is 0 Å². The van der Waals surface area contributed by atoms with Gasteiger partial charge in [0, 0.05) is 16.1 Å². The van der Waals surface area contributed by atoms with E-state index in [9.17, 15) is 14.7 Å². The van der Waals surface area contributed by atoms with E-state index in [2.05, 4.69) is 11.4 Å². The molecule has 1 atom stereocenters. The molecule has 40 heavy (non-hydrogen) atoms. The molecule has 6 nitrogen and oxygen atoms in total. The molecular formula is C32H23ClN2O4S. The van der Waals surface area contributed by atoms with E-state index in [0.29, 0.717) is 27.8 Å². The summed E-state index contributed by atoms with van der Waals surface area (Å²) in [5, 5.41) is 22.9. The Morgan fingerprint density at radius 2 is 1.57 bits per heavy atom. The topological polar surface area (TPSA) is 99.4 Å². The largest absolute Gasteiger partial charge is 0.489 e. The smallest absolute Gasteiger partial charge is 0.326 e. The first-order valence-corrected chi connectivity index (χ1v) is 13.6. The van der Waals surface area contributed by atoms with Gasteiger partial charge in [0.2, 0.25) is 0 Å². The fourth-order valence-corrected chi connectivity index (χ4v) is 5.28. The molecule has 8 heteroatoms. The Labute approximate surface area is 240 Å². The number of nitriles is 1. The lowest BCUT2D eigenvalue weighted by Crippen LogP contribution is -2.42. The summed E-state index contributed by atoms with van der Waals surface area (Å²) < 4.78 is 6.73. The van der Waals surface area contributed by atoms with Gasteiger partial charge in [-0.15, -0.1) is 11.3 Å². The number of carboxylic acids is 1. The fourth-order valence-electron chi connectivity index (χ4n) is 4.21. The maximum atomic E-state index is 13.0. The lowest BCUT2D eigenvalue weighted by Gasteiger charge is -2.14. The number of thiophene rings is 1. The van der Waals surface area contributed by atoms with Crippen molar-refractivity contribution in [2.75, 3.05) is 0 Å². The van der Waals surface area contributed by atoms with Crippen molar-refractivity contribution in [3.8, 4) is 22.9 Å². The minimum absolute atomic E-state index is 0.128. The van der Waals surface area contributed by atoms with E-state index in [1.54, 1.807) is 42.5 Å². The highest BCUT2D eigenvalue weighted by atomic mass is 35.5. The molecule has 0 unspecified atom stereocenters. The van der Waals surface area contributed by atoms with Crippen molar-refractivity contribution in [1.29, 1.82) is 5.26 Å². The number of benzene rings is 4. The summed E-state index contributed by atoms with van der Waals surface area (Å²) in [4.78, 5) is 25.4. The van der Waals surface area contributed by atoms with Crippen molar-refractivity contribution in [1.82, 2.24) is 5.32 Å². The molecule has 0 aliphatic heterocycles. The SMILES string of the molecule is N#Cc1ccc(COc2ccc(C[C@H](NC(=O)c3cc4cc(-c5ccc(Cl)cc5)ccc4s3)C(=O)O)cc2)cc1. The number of rotatable bonds is 9. The first-order valence-electron chi connectivity index (χ1n) is 12.4. The summed E-state index contributed by atoms with van der Waals surface area (Å²) in [5.41, 5.74) is 4.28. The predicted molar refractivity (Wildman–Crippen MR) is 157 cm³/mol. The van der Waals surface area contributed by atoms with E-state index in [1.165, 1.54) is 11.3 Å². The lowest BCUT2D eigenvalue weighted by atomic mass is 10.0. The summed E-state index contributed by atoms with van der Waals surface area (Å²) in [6.45, 7) is 0.342. The van der Waals surface area contributed by atoms with Gasteiger partial charge in [0.05, 0.1) is 16.5 Å². The highest BCUT2D eigenvalue weighted by Gasteiger charge is 2.22. The van der Waals surface area contributed by atoms with Gasteiger partial charge >= 0.3 is 5.97 Å². The Bertz CT molecular complexity index is 1710. The Balaban J connectivity index is 1.22. The van der Waals surface area contributed by atoms with Crippen LogP contribution in [0.25, 0.3) is 21.2 Å². The van der Waals surface area contributed by atoms with Crippen LogP contribution in [0.2, 0.25) is 5.02 Å². The van der Waals surface area contributed by atoms with Crippen LogP contribution < -0.4 is 10.1 Å². The summed E-state index contributed by atoms with van der Waals surface area (Å²) in [7, 11) is 0. The number of fused-ring (bicyclic) bond motifs is 1. The monoisotopic (exact) mass is 566 g/mol. The van der Waals surface area contributed by atoms with Crippen LogP contribution in [0.5, 0.6) is 5.75 Å². The number of hydrogen-bond acceptors (Lipinski definition) is 5. The van der Waals surface area contributed by atoms with E-state index in [-0.39, 0.29) is 6.42 Å². The molecule has 0 bridgehead atoms. The van der Waals surface area contributed by atoms with Crippen molar-refractivity contribution in [2.45, 2.75) is 19.1 Å². The molecule has 5 aromatic rings. The average Bonchev–Trinajstić information content (AvgIpc) is 3.41. The van der Waals surface area contributed by atoms with E-state index in [1.807, 2.05) is 54.6 Å². The van der Waals surface area contributed by atoms with Gasteiger partial charge in [0.25, 0.3) is 5.91 Å². The highest BCUT2D eigenvalue weighted by molar-refractivity contribution is 7.20. The maximum Gasteiger partial charge on any atom is 0.326 e. The Morgan fingerprint density at radius 1 is 0.900 bits per heavy atom. The molecule has 5 rings (SSSR count). The van der Waals surface area contributed by atoms with Gasteiger partial charge < -0.3 is 15.2 Å². The third-order valence-electron chi connectivity index (χ3n) is 6.37. The molecule has 1 amide bonds. The van der Waals surface area contributed by atoms with Crippen LogP contribution in [0.1, 0.15) is 26.4 Å². The maximum absolute atomic E-state index is 13.0. The van der Waals surface area contributed by atoms with Crippen molar-refractivity contribution < 1.29 is 19.4 Å².